The molecular weight excluding hydrogens is 456 g/mol. The molecule has 2 aromatic rings. The van der Waals surface area contributed by atoms with Gasteiger partial charge in [0.15, 0.2) is 5.78 Å². The number of rotatable bonds is 22. The molecule has 0 spiro atoms. The Morgan fingerprint density at radius 3 is 1.57 bits per heavy atom. The van der Waals surface area contributed by atoms with Crippen molar-refractivity contribution in [3.05, 3.63) is 65.7 Å². The third-order valence-electron chi connectivity index (χ3n) is 6.95. The second-order valence-corrected chi connectivity index (χ2v) is 10.1. The second kappa shape index (κ2) is 20.5. The monoisotopic (exact) mass is 506 g/mol. The van der Waals surface area contributed by atoms with E-state index in [0.717, 1.165) is 30.1 Å². The zero-order valence-corrected chi connectivity index (χ0v) is 23.5. The molecule has 2 rings (SSSR count). The SMILES string of the molecule is CCCCCCCCCCCCCCCCCCOc1ccc(/C=C/C(=O)c2ccc(OC)cc2)cc1. The highest BCUT2D eigenvalue weighted by atomic mass is 16.5. The van der Waals surface area contributed by atoms with E-state index >= 15 is 0 Å². The number of methoxy groups -OCH3 is 1. The van der Waals surface area contributed by atoms with Gasteiger partial charge in [0.25, 0.3) is 0 Å². The highest BCUT2D eigenvalue weighted by Gasteiger charge is 2.02. The number of benzene rings is 2. The lowest BCUT2D eigenvalue weighted by atomic mass is 10.0. The zero-order chi connectivity index (χ0) is 26.4. The van der Waals surface area contributed by atoms with Gasteiger partial charge in [-0.1, -0.05) is 121 Å². The van der Waals surface area contributed by atoms with Gasteiger partial charge in [-0.3, -0.25) is 4.79 Å². The number of hydrogen-bond acceptors (Lipinski definition) is 3. The first-order valence-corrected chi connectivity index (χ1v) is 14.8. The van der Waals surface area contributed by atoms with Crippen molar-refractivity contribution in [2.75, 3.05) is 13.7 Å². The van der Waals surface area contributed by atoms with Crippen LogP contribution in [0.4, 0.5) is 0 Å². The number of ether oxygens (including phenoxy) is 2. The molecule has 0 aliphatic rings. The maximum Gasteiger partial charge on any atom is 0.185 e. The molecule has 0 aliphatic carbocycles. The summed E-state index contributed by atoms with van der Waals surface area (Å²) in [6.45, 7) is 3.05. The number of allylic oxidation sites excluding steroid dienone is 1. The molecule has 37 heavy (non-hydrogen) atoms. The minimum atomic E-state index is -0.0218. The van der Waals surface area contributed by atoms with Gasteiger partial charge >= 0.3 is 0 Å². The van der Waals surface area contributed by atoms with Gasteiger partial charge < -0.3 is 9.47 Å². The summed E-state index contributed by atoms with van der Waals surface area (Å²) in [6.07, 6.45) is 25.5. The van der Waals surface area contributed by atoms with E-state index in [9.17, 15) is 4.79 Å². The van der Waals surface area contributed by atoms with Crippen LogP contribution in [-0.4, -0.2) is 19.5 Å². The number of hydrogen-bond donors (Lipinski definition) is 0. The van der Waals surface area contributed by atoms with Crippen LogP contribution < -0.4 is 9.47 Å². The number of unbranched alkanes of at least 4 members (excludes halogenated alkanes) is 15. The van der Waals surface area contributed by atoms with Crippen molar-refractivity contribution < 1.29 is 14.3 Å². The number of ketones is 1. The Morgan fingerprint density at radius 1 is 0.622 bits per heavy atom. The molecule has 0 aromatic heterocycles. The van der Waals surface area contributed by atoms with Crippen molar-refractivity contribution in [3.63, 3.8) is 0 Å². The largest absolute Gasteiger partial charge is 0.497 e. The third-order valence-corrected chi connectivity index (χ3v) is 6.95. The predicted octanol–water partition coefficient (Wildman–Crippen LogP) is 10.2. The van der Waals surface area contributed by atoms with Gasteiger partial charge in [0.1, 0.15) is 11.5 Å². The van der Waals surface area contributed by atoms with Crippen molar-refractivity contribution in [1.29, 1.82) is 0 Å². The highest BCUT2D eigenvalue weighted by Crippen LogP contribution is 2.17. The van der Waals surface area contributed by atoms with Crippen LogP contribution in [0.5, 0.6) is 11.5 Å². The van der Waals surface area contributed by atoms with Crippen molar-refractivity contribution in [2.24, 2.45) is 0 Å². The first-order chi connectivity index (χ1) is 18.2. The molecule has 0 N–H and O–H groups in total. The fourth-order valence-corrected chi connectivity index (χ4v) is 4.54. The summed E-state index contributed by atoms with van der Waals surface area (Å²) in [5, 5.41) is 0. The number of carbonyl (C=O) groups is 1. The average molecular weight is 507 g/mol. The molecule has 0 aliphatic heterocycles. The van der Waals surface area contributed by atoms with Gasteiger partial charge in [0.05, 0.1) is 13.7 Å². The Labute approximate surface area is 226 Å². The molecule has 0 saturated carbocycles. The van der Waals surface area contributed by atoms with Crippen molar-refractivity contribution in [3.8, 4) is 11.5 Å². The minimum Gasteiger partial charge on any atom is -0.497 e. The molecule has 0 bridgehead atoms. The zero-order valence-electron chi connectivity index (χ0n) is 23.5. The van der Waals surface area contributed by atoms with Crippen LogP contribution in [0.15, 0.2) is 54.6 Å². The normalized spacial score (nSPS) is 11.2. The van der Waals surface area contributed by atoms with Crippen LogP contribution in [0, 0.1) is 0 Å². The first-order valence-electron chi connectivity index (χ1n) is 14.8. The third kappa shape index (κ3) is 14.7. The lowest BCUT2D eigenvalue weighted by Crippen LogP contribution is -1.97. The Kier molecular flexibility index (Phi) is 17.0. The molecule has 0 unspecified atom stereocenters. The second-order valence-electron chi connectivity index (χ2n) is 10.1. The lowest BCUT2D eigenvalue weighted by molar-refractivity contribution is 0.104. The van der Waals surface area contributed by atoms with E-state index < -0.39 is 0 Å². The molecule has 3 heteroatoms. The van der Waals surface area contributed by atoms with E-state index in [0.29, 0.717) is 5.56 Å². The maximum absolute atomic E-state index is 12.3. The van der Waals surface area contributed by atoms with Gasteiger partial charge in [0, 0.05) is 5.56 Å². The fraction of sp³-hybridized carbons (Fsp3) is 0.559. The molecule has 0 heterocycles. The van der Waals surface area contributed by atoms with E-state index in [4.69, 9.17) is 9.47 Å². The molecule has 0 amide bonds. The lowest BCUT2D eigenvalue weighted by Gasteiger charge is -2.07. The van der Waals surface area contributed by atoms with Crippen LogP contribution in [0.2, 0.25) is 0 Å². The summed E-state index contributed by atoms with van der Waals surface area (Å²) in [4.78, 5) is 12.3. The summed E-state index contributed by atoms with van der Waals surface area (Å²) in [6, 6.07) is 15.1. The van der Waals surface area contributed by atoms with E-state index in [1.54, 1.807) is 37.5 Å². The van der Waals surface area contributed by atoms with Gasteiger partial charge in [-0.25, -0.2) is 0 Å². The Morgan fingerprint density at radius 2 is 1.08 bits per heavy atom. The van der Waals surface area contributed by atoms with Crippen LogP contribution in [0.25, 0.3) is 6.08 Å². The highest BCUT2D eigenvalue weighted by molar-refractivity contribution is 6.06. The summed E-state index contributed by atoms with van der Waals surface area (Å²) >= 11 is 0. The molecule has 0 atom stereocenters. The summed E-state index contributed by atoms with van der Waals surface area (Å²) in [5.41, 5.74) is 1.63. The van der Waals surface area contributed by atoms with Crippen molar-refractivity contribution >= 4 is 11.9 Å². The van der Waals surface area contributed by atoms with Gasteiger partial charge in [-0.2, -0.15) is 0 Å². The smallest absolute Gasteiger partial charge is 0.185 e. The van der Waals surface area contributed by atoms with E-state index in [1.165, 1.54) is 96.3 Å². The Balaban J connectivity index is 1.44. The fourth-order valence-electron chi connectivity index (χ4n) is 4.54. The molecule has 0 fully saturated rings. The minimum absolute atomic E-state index is 0.0218. The van der Waals surface area contributed by atoms with Crippen LogP contribution in [0.3, 0.4) is 0 Å². The standard InChI is InChI=1S/C34H50O3/c1-3-4-5-6-7-8-9-10-11-12-13-14-15-16-17-18-29-37-33-24-19-30(20-25-33)21-28-34(35)31-22-26-32(36-2)27-23-31/h19-28H,3-18,29H2,1-2H3/b28-21+. The van der Waals surface area contributed by atoms with Gasteiger partial charge in [-0.05, 0) is 54.5 Å². The molecule has 2 aromatic carbocycles. The summed E-state index contributed by atoms with van der Waals surface area (Å²) in [7, 11) is 1.62. The summed E-state index contributed by atoms with van der Waals surface area (Å²) in [5.74, 6) is 1.61. The van der Waals surface area contributed by atoms with Crippen molar-refractivity contribution in [2.45, 2.75) is 110 Å². The quantitative estimate of drug-likeness (QED) is 0.0905. The van der Waals surface area contributed by atoms with Crippen LogP contribution >= 0.6 is 0 Å². The topological polar surface area (TPSA) is 35.5 Å². The van der Waals surface area contributed by atoms with Crippen LogP contribution in [0.1, 0.15) is 126 Å². The predicted molar refractivity (Wildman–Crippen MR) is 158 cm³/mol. The molecular formula is C34H50O3. The van der Waals surface area contributed by atoms with Crippen molar-refractivity contribution in [1.82, 2.24) is 0 Å². The van der Waals surface area contributed by atoms with Gasteiger partial charge in [0.2, 0.25) is 0 Å². The maximum atomic E-state index is 12.3. The Hall–Kier alpha value is -2.55. The van der Waals surface area contributed by atoms with Crippen LogP contribution in [-0.2, 0) is 0 Å². The molecule has 0 saturated heterocycles. The summed E-state index contributed by atoms with van der Waals surface area (Å²) < 4.78 is 11.0. The molecule has 0 radical (unpaired) electrons. The average Bonchev–Trinajstić information content (AvgIpc) is 2.94. The van der Waals surface area contributed by atoms with E-state index in [1.807, 2.05) is 30.3 Å². The van der Waals surface area contributed by atoms with E-state index in [-0.39, 0.29) is 5.78 Å². The van der Waals surface area contributed by atoms with Gasteiger partial charge in [-0.15, -0.1) is 0 Å². The molecule has 3 nitrogen and oxygen atoms in total. The first kappa shape index (κ1) is 30.7. The van der Waals surface area contributed by atoms with E-state index in [2.05, 4.69) is 6.92 Å². The number of carbonyl (C=O) groups excluding carboxylic acids is 1. The Bertz CT molecular complexity index is 852. The molecule has 204 valence electrons.